The lowest BCUT2D eigenvalue weighted by Gasteiger charge is -2.02. The van der Waals surface area contributed by atoms with Crippen LogP contribution in [-0.4, -0.2) is 4.98 Å². The van der Waals surface area contributed by atoms with Gasteiger partial charge in [0, 0.05) is 3.57 Å². The first-order chi connectivity index (χ1) is 5.74. The van der Waals surface area contributed by atoms with Crippen LogP contribution < -0.4 is 5.73 Å². The standard InChI is InChI=1S/C9H13IN2/c1-2-3-4-8-7(10)5-6-9(11)12-8/h5-6H,2-4H2,1H3,(H2,11,12). The van der Waals surface area contributed by atoms with Gasteiger partial charge in [-0.1, -0.05) is 13.3 Å². The normalized spacial score (nSPS) is 10.2. The van der Waals surface area contributed by atoms with Crippen LogP contribution in [0.5, 0.6) is 0 Å². The predicted octanol–water partition coefficient (Wildman–Crippen LogP) is 2.61. The lowest BCUT2D eigenvalue weighted by Crippen LogP contribution is -1.98. The summed E-state index contributed by atoms with van der Waals surface area (Å²) in [4.78, 5) is 4.28. The van der Waals surface area contributed by atoms with E-state index in [1.54, 1.807) is 0 Å². The molecule has 1 aromatic heterocycles. The van der Waals surface area contributed by atoms with Gasteiger partial charge in [0.2, 0.25) is 0 Å². The molecule has 0 bridgehead atoms. The molecule has 2 N–H and O–H groups in total. The number of aromatic nitrogens is 1. The fraction of sp³-hybridized carbons (Fsp3) is 0.444. The molecule has 0 saturated heterocycles. The maximum Gasteiger partial charge on any atom is 0.123 e. The fourth-order valence-electron chi connectivity index (χ4n) is 1.02. The third kappa shape index (κ3) is 2.62. The van der Waals surface area contributed by atoms with Crippen molar-refractivity contribution < 1.29 is 0 Å². The maximum absolute atomic E-state index is 5.58. The van der Waals surface area contributed by atoms with Crippen molar-refractivity contribution in [1.29, 1.82) is 0 Å². The van der Waals surface area contributed by atoms with E-state index in [0.717, 1.165) is 12.1 Å². The Hall–Kier alpha value is -0.320. The van der Waals surface area contributed by atoms with Crippen molar-refractivity contribution in [2.75, 3.05) is 5.73 Å². The lowest BCUT2D eigenvalue weighted by molar-refractivity contribution is 0.774. The molecule has 0 radical (unpaired) electrons. The van der Waals surface area contributed by atoms with Gasteiger partial charge in [-0.25, -0.2) is 4.98 Å². The van der Waals surface area contributed by atoms with E-state index < -0.39 is 0 Å². The van der Waals surface area contributed by atoms with E-state index in [0.29, 0.717) is 5.82 Å². The molecule has 12 heavy (non-hydrogen) atoms. The van der Waals surface area contributed by atoms with Crippen molar-refractivity contribution in [3.05, 3.63) is 21.4 Å². The molecule has 3 heteroatoms. The number of nitrogen functional groups attached to an aromatic ring is 1. The minimum absolute atomic E-state index is 0.626. The summed E-state index contributed by atoms with van der Waals surface area (Å²) in [5.74, 6) is 0.626. The Morgan fingerprint density at radius 2 is 2.25 bits per heavy atom. The Morgan fingerprint density at radius 1 is 1.50 bits per heavy atom. The molecule has 0 aliphatic heterocycles. The molecular formula is C9H13IN2. The zero-order valence-electron chi connectivity index (χ0n) is 7.18. The Labute approximate surface area is 86.7 Å². The van der Waals surface area contributed by atoms with Gasteiger partial charge < -0.3 is 5.73 Å². The van der Waals surface area contributed by atoms with Crippen molar-refractivity contribution in [3.8, 4) is 0 Å². The van der Waals surface area contributed by atoms with Crippen LogP contribution in [-0.2, 0) is 6.42 Å². The van der Waals surface area contributed by atoms with Gasteiger partial charge in [-0.05, 0) is 47.6 Å². The van der Waals surface area contributed by atoms with Gasteiger partial charge in [0.1, 0.15) is 5.82 Å². The SMILES string of the molecule is CCCCc1nc(N)ccc1I. The van der Waals surface area contributed by atoms with E-state index >= 15 is 0 Å². The molecule has 1 heterocycles. The number of unbranched alkanes of at least 4 members (excludes halogenated alkanes) is 1. The molecule has 66 valence electrons. The second-order valence-electron chi connectivity index (χ2n) is 2.77. The topological polar surface area (TPSA) is 38.9 Å². The molecule has 0 unspecified atom stereocenters. The van der Waals surface area contributed by atoms with Crippen molar-refractivity contribution in [2.45, 2.75) is 26.2 Å². The molecule has 0 amide bonds. The highest BCUT2D eigenvalue weighted by atomic mass is 127. The van der Waals surface area contributed by atoms with Crippen LogP contribution in [0.2, 0.25) is 0 Å². The average Bonchev–Trinajstić information content (AvgIpc) is 2.07. The third-order valence-corrected chi connectivity index (χ3v) is 2.69. The number of aryl methyl sites for hydroxylation is 1. The highest BCUT2D eigenvalue weighted by Crippen LogP contribution is 2.13. The van der Waals surface area contributed by atoms with Crippen LogP contribution in [0.15, 0.2) is 12.1 Å². The van der Waals surface area contributed by atoms with Gasteiger partial charge in [0.05, 0.1) is 5.69 Å². The van der Waals surface area contributed by atoms with Crippen LogP contribution in [0, 0.1) is 3.57 Å². The molecule has 0 aromatic carbocycles. The van der Waals surface area contributed by atoms with Gasteiger partial charge in [0.25, 0.3) is 0 Å². The molecular weight excluding hydrogens is 263 g/mol. The minimum atomic E-state index is 0.626. The van der Waals surface area contributed by atoms with Crippen LogP contribution in [0.4, 0.5) is 5.82 Å². The molecule has 1 aromatic rings. The van der Waals surface area contributed by atoms with E-state index in [1.165, 1.54) is 16.4 Å². The number of pyridine rings is 1. The zero-order valence-corrected chi connectivity index (χ0v) is 9.34. The summed E-state index contributed by atoms with van der Waals surface area (Å²) in [7, 11) is 0. The summed E-state index contributed by atoms with van der Waals surface area (Å²) in [5.41, 5.74) is 6.72. The fourth-order valence-corrected chi connectivity index (χ4v) is 1.59. The highest BCUT2D eigenvalue weighted by Gasteiger charge is 2.00. The van der Waals surface area contributed by atoms with E-state index in [1.807, 2.05) is 12.1 Å². The molecule has 0 saturated carbocycles. The van der Waals surface area contributed by atoms with Crippen LogP contribution in [0.25, 0.3) is 0 Å². The Kier molecular flexibility index (Phi) is 3.78. The highest BCUT2D eigenvalue weighted by molar-refractivity contribution is 14.1. The molecule has 0 aliphatic rings. The minimum Gasteiger partial charge on any atom is -0.384 e. The van der Waals surface area contributed by atoms with Gasteiger partial charge in [-0.15, -0.1) is 0 Å². The molecule has 0 atom stereocenters. The zero-order chi connectivity index (χ0) is 8.97. The van der Waals surface area contributed by atoms with Crippen molar-refractivity contribution in [1.82, 2.24) is 4.98 Å². The van der Waals surface area contributed by atoms with Gasteiger partial charge in [-0.3, -0.25) is 0 Å². The van der Waals surface area contributed by atoms with E-state index in [4.69, 9.17) is 5.73 Å². The summed E-state index contributed by atoms with van der Waals surface area (Å²) in [6.45, 7) is 2.18. The van der Waals surface area contributed by atoms with Crippen molar-refractivity contribution >= 4 is 28.4 Å². The summed E-state index contributed by atoms with van der Waals surface area (Å²) in [6, 6.07) is 3.87. The number of hydrogen-bond acceptors (Lipinski definition) is 2. The van der Waals surface area contributed by atoms with Gasteiger partial charge in [0.15, 0.2) is 0 Å². The summed E-state index contributed by atoms with van der Waals surface area (Å²) >= 11 is 2.30. The number of hydrogen-bond donors (Lipinski definition) is 1. The van der Waals surface area contributed by atoms with Crippen molar-refractivity contribution in [3.63, 3.8) is 0 Å². The quantitative estimate of drug-likeness (QED) is 0.862. The molecule has 0 aliphatic carbocycles. The second-order valence-corrected chi connectivity index (χ2v) is 3.93. The Bertz CT molecular complexity index is 261. The predicted molar refractivity (Wildman–Crippen MR) is 60.0 cm³/mol. The number of halogens is 1. The van der Waals surface area contributed by atoms with Gasteiger partial charge in [-0.2, -0.15) is 0 Å². The summed E-state index contributed by atoms with van der Waals surface area (Å²) < 4.78 is 1.22. The smallest absolute Gasteiger partial charge is 0.123 e. The Balaban J connectivity index is 2.75. The molecule has 2 nitrogen and oxygen atoms in total. The molecule has 0 spiro atoms. The number of anilines is 1. The number of rotatable bonds is 3. The largest absolute Gasteiger partial charge is 0.384 e. The summed E-state index contributed by atoms with van der Waals surface area (Å²) in [6.07, 6.45) is 3.43. The van der Waals surface area contributed by atoms with Gasteiger partial charge >= 0.3 is 0 Å². The number of nitrogens with two attached hydrogens (primary N) is 1. The third-order valence-electron chi connectivity index (χ3n) is 1.71. The van der Waals surface area contributed by atoms with Crippen LogP contribution >= 0.6 is 22.6 Å². The van der Waals surface area contributed by atoms with E-state index in [9.17, 15) is 0 Å². The van der Waals surface area contributed by atoms with Crippen LogP contribution in [0.3, 0.4) is 0 Å². The maximum atomic E-state index is 5.58. The van der Waals surface area contributed by atoms with Crippen molar-refractivity contribution in [2.24, 2.45) is 0 Å². The first-order valence-corrected chi connectivity index (χ1v) is 5.22. The molecule has 1 rings (SSSR count). The molecule has 0 fully saturated rings. The summed E-state index contributed by atoms with van der Waals surface area (Å²) in [5, 5.41) is 0. The lowest BCUT2D eigenvalue weighted by atomic mass is 10.2. The number of nitrogens with zero attached hydrogens (tertiary/aromatic N) is 1. The Morgan fingerprint density at radius 3 is 2.92 bits per heavy atom. The van der Waals surface area contributed by atoms with E-state index in [-0.39, 0.29) is 0 Å². The first-order valence-electron chi connectivity index (χ1n) is 4.15. The van der Waals surface area contributed by atoms with Crippen LogP contribution in [0.1, 0.15) is 25.5 Å². The average molecular weight is 276 g/mol. The van der Waals surface area contributed by atoms with E-state index in [2.05, 4.69) is 34.5 Å². The monoisotopic (exact) mass is 276 g/mol. The second kappa shape index (κ2) is 4.64. The first kappa shape index (κ1) is 9.77.